The number of methoxy groups -OCH3 is 3. The molecule has 0 N–H and O–H groups in total. The number of carbonyl (C=O) groups excluding carboxylic acids is 1. The van der Waals surface area contributed by atoms with Gasteiger partial charge in [0.2, 0.25) is 17.5 Å². The highest BCUT2D eigenvalue weighted by Gasteiger charge is 2.18. The Morgan fingerprint density at radius 3 is 1.89 bits per heavy atom. The molecule has 1 heterocycles. The fourth-order valence-electron chi connectivity index (χ4n) is 2.49. The highest BCUT2D eigenvalue weighted by atomic mass is 16.5. The quantitative estimate of drug-likeness (QED) is 0.482. The van der Waals surface area contributed by atoms with Gasteiger partial charge in [-0.25, -0.2) is 0 Å². The average Bonchev–Trinajstić information content (AvgIpc) is 3.17. The van der Waals surface area contributed by atoms with Crippen LogP contribution in [0.5, 0.6) is 23.0 Å². The maximum atomic E-state index is 11.0. The minimum absolute atomic E-state index is 0.299. The molecule has 27 heavy (non-hydrogen) atoms. The van der Waals surface area contributed by atoms with Gasteiger partial charge < -0.3 is 23.4 Å². The molecule has 140 valence electrons. The summed E-state index contributed by atoms with van der Waals surface area (Å²) in [4.78, 5) is 11.0. The third kappa shape index (κ3) is 3.84. The Kier molecular flexibility index (Phi) is 5.25. The van der Waals surface area contributed by atoms with E-state index in [0.717, 1.165) is 0 Å². The molecule has 1 aromatic heterocycles. The first-order valence-corrected chi connectivity index (χ1v) is 7.98. The standard InChI is InChI=1S/C19H18N2O6/c1-11(22)26-14-7-5-12(6-8-14)18-20-21-19(27-18)13-9-15(23-2)17(25-4)16(10-13)24-3/h5-10H,1-4H3. The predicted octanol–water partition coefficient (Wildman–Crippen LogP) is 3.35. The molecule has 2 aromatic carbocycles. The van der Waals surface area contributed by atoms with Crippen molar-refractivity contribution in [3.05, 3.63) is 36.4 Å². The van der Waals surface area contributed by atoms with Crippen LogP contribution in [-0.4, -0.2) is 37.5 Å². The third-order valence-corrected chi connectivity index (χ3v) is 3.70. The number of ether oxygens (including phenoxy) is 4. The number of hydrogen-bond acceptors (Lipinski definition) is 8. The Morgan fingerprint density at radius 2 is 1.41 bits per heavy atom. The highest BCUT2D eigenvalue weighted by Crippen LogP contribution is 2.41. The van der Waals surface area contributed by atoms with Crippen LogP contribution in [0.3, 0.4) is 0 Å². The van der Waals surface area contributed by atoms with Gasteiger partial charge in [0, 0.05) is 18.1 Å². The maximum absolute atomic E-state index is 11.0. The monoisotopic (exact) mass is 370 g/mol. The van der Waals surface area contributed by atoms with Crippen molar-refractivity contribution in [3.8, 4) is 45.9 Å². The van der Waals surface area contributed by atoms with Gasteiger partial charge in [-0.1, -0.05) is 0 Å². The third-order valence-electron chi connectivity index (χ3n) is 3.70. The summed E-state index contributed by atoms with van der Waals surface area (Å²) in [5.41, 5.74) is 1.32. The summed E-state index contributed by atoms with van der Waals surface area (Å²) in [6.45, 7) is 1.34. The van der Waals surface area contributed by atoms with Gasteiger partial charge in [0.05, 0.1) is 21.3 Å². The second-order valence-electron chi connectivity index (χ2n) is 5.44. The molecule has 0 aliphatic heterocycles. The molecule has 0 radical (unpaired) electrons. The Labute approximate surface area is 155 Å². The molecule has 0 saturated heterocycles. The second-order valence-corrected chi connectivity index (χ2v) is 5.44. The summed E-state index contributed by atoms with van der Waals surface area (Å²) in [7, 11) is 4.60. The van der Waals surface area contributed by atoms with Gasteiger partial charge in [-0.05, 0) is 36.4 Å². The molecule has 8 heteroatoms. The molecule has 0 amide bonds. The van der Waals surface area contributed by atoms with Crippen molar-refractivity contribution in [2.75, 3.05) is 21.3 Å². The molecule has 0 unspecified atom stereocenters. The summed E-state index contributed by atoms with van der Waals surface area (Å²) in [5, 5.41) is 8.16. The van der Waals surface area contributed by atoms with E-state index >= 15 is 0 Å². The van der Waals surface area contributed by atoms with Crippen LogP contribution in [0.15, 0.2) is 40.8 Å². The SMILES string of the molecule is COc1cc(-c2nnc(-c3ccc(OC(C)=O)cc3)o2)cc(OC)c1OC. The highest BCUT2D eigenvalue weighted by molar-refractivity contribution is 5.70. The lowest BCUT2D eigenvalue weighted by molar-refractivity contribution is -0.131. The molecule has 0 aliphatic rings. The summed E-state index contributed by atoms with van der Waals surface area (Å²) in [6, 6.07) is 10.2. The lowest BCUT2D eigenvalue weighted by Crippen LogP contribution is -2.00. The van der Waals surface area contributed by atoms with Crippen LogP contribution in [0, 0.1) is 0 Å². The first-order chi connectivity index (χ1) is 13.0. The Bertz CT molecular complexity index is 924. The average molecular weight is 370 g/mol. The Balaban J connectivity index is 1.92. The van der Waals surface area contributed by atoms with E-state index in [9.17, 15) is 4.79 Å². The van der Waals surface area contributed by atoms with E-state index in [1.165, 1.54) is 28.3 Å². The fraction of sp³-hybridized carbons (Fsp3) is 0.211. The van der Waals surface area contributed by atoms with E-state index < -0.39 is 0 Å². The van der Waals surface area contributed by atoms with Gasteiger partial charge >= 0.3 is 5.97 Å². The van der Waals surface area contributed by atoms with Gasteiger partial charge in [0.1, 0.15) is 5.75 Å². The van der Waals surface area contributed by atoms with Crippen molar-refractivity contribution >= 4 is 5.97 Å². The maximum Gasteiger partial charge on any atom is 0.308 e. The predicted molar refractivity (Wildman–Crippen MR) is 96.1 cm³/mol. The Hall–Kier alpha value is -3.55. The van der Waals surface area contributed by atoms with Crippen LogP contribution in [0.25, 0.3) is 22.9 Å². The van der Waals surface area contributed by atoms with E-state index in [2.05, 4.69) is 10.2 Å². The number of benzene rings is 2. The molecule has 0 aliphatic carbocycles. The first-order valence-electron chi connectivity index (χ1n) is 7.98. The zero-order valence-corrected chi connectivity index (χ0v) is 15.3. The molecular formula is C19H18N2O6. The molecular weight excluding hydrogens is 352 g/mol. The van der Waals surface area contributed by atoms with Crippen molar-refractivity contribution in [2.24, 2.45) is 0 Å². The van der Waals surface area contributed by atoms with Crippen molar-refractivity contribution in [3.63, 3.8) is 0 Å². The number of nitrogens with zero attached hydrogens (tertiary/aromatic N) is 2. The van der Waals surface area contributed by atoms with Crippen molar-refractivity contribution < 1.29 is 28.2 Å². The normalized spacial score (nSPS) is 10.4. The smallest absolute Gasteiger partial charge is 0.308 e. The molecule has 3 aromatic rings. The van der Waals surface area contributed by atoms with Gasteiger partial charge in [-0.3, -0.25) is 4.79 Å². The largest absolute Gasteiger partial charge is 0.493 e. The zero-order valence-electron chi connectivity index (χ0n) is 15.3. The van der Waals surface area contributed by atoms with E-state index in [1.54, 1.807) is 36.4 Å². The number of rotatable bonds is 6. The molecule has 0 spiro atoms. The van der Waals surface area contributed by atoms with Gasteiger partial charge in [0.25, 0.3) is 0 Å². The van der Waals surface area contributed by atoms with Crippen LogP contribution in [0.1, 0.15) is 6.92 Å². The van der Waals surface area contributed by atoms with E-state index in [1.807, 2.05) is 0 Å². The molecule has 0 saturated carbocycles. The summed E-state index contributed by atoms with van der Waals surface area (Å²) in [5.74, 6) is 2.13. The molecule has 0 fully saturated rings. The number of carbonyl (C=O) groups is 1. The molecule has 0 bridgehead atoms. The molecule has 8 nitrogen and oxygen atoms in total. The number of aromatic nitrogens is 2. The van der Waals surface area contributed by atoms with Crippen molar-refractivity contribution in [1.82, 2.24) is 10.2 Å². The Morgan fingerprint density at radius 1 is 0.852 bits per heavy atom. The topological polar surface area (TPSA) is 92.9 Å². The van der Waals surface area contributed by atoms with E-state index in [0.29, 0.717) is 45.9 Å². The van der Waals surface area contributed by atoms with E-state index in [-0.39, 0.29) is 5.97 Å². The van der Waals surface area contributed by atoms with Gasteiger partial charge in [0.15, 0.2) is 11.5 Å². The lowest BCUT2D eigenvalue weighted by atomic mass is 10.2. The fourth-order valence-corrected chi connectivity index (χ4v) is 2.49. The van der Waals surface area contributed by atoms with Gasteiger partial charge in [-0.15, -0.1) is 10.2 Å². The number of hydrogen-bond donors (Lipinski definition) is 0. The van der Waals surface area contributed by atoms with Crippen LogP contribution >= 0.6 is 0 Å². The summed E-state index contributed by atoms with van der Waals surface area (Å²) in [6.07, 6.45) is 0. The van der Waals surface area contributed by atoms with Crippen LogP contribution in [0.2, 0.25) is 0 Å². The zero-order chi connectivity index (χ0) is 19.4. The van der Waals surface area contributed by atoms with Crippen molar-refractivity contribution in [1.29, 1.82) is 0 Å². The van der Waals surface area contributed by atoms with Crippen molar-refractivity contribution in [2.45, 2.75) is 6.92 Å². The second kappa shape index (κ2) is 7.77. The molecule has 3 rings (SSSR count). The van der Waals surface area contributed by atoms with Crippen LogP contribution in [0.4, 0.5) is 0 Å². The minimum Gasteiger partial charge on any atom is -0.493 e. The summed E-state index contributed by atoms with van der Waals surface area (Å²) < 4.78 is 26.8. The summed E-state index contributed by atoms with van der Waals surface area (Å²) >= 11 is 0. The van der Waals surface area contributed by atoms with E-state index in [4.69, 9.17) is 23.4 Å². The number of esters is 1. The minimum atomic E-state index is -0.384. The lowest BCUT2D eigenvalue weighted by Gasteiger charge is -2.12. The molecule has 0 atom stereocenters. The first kappa shape index (κ1) is 18.2. The van der Waals surface area contributed by atoms with Crippen LogP contribution in [-0.2, 0) is 4.79 Å². The van der Waals surface area contributed by atoms with Crippen LogP contribution < -0.4 is 18.9 Å². The van der Waals surface area contributed by atoms with Gasteiger partial charge in [-0.2, -0.15) is 0 Å².